The van der Waals surface area contributed by atoms with E-state index in [0.29, 0.717) is 11.5 Å². The third-order valence-corrected chi connectivity index (χ3v) is 4.45. The van der Waals surface area contributed by atoms with Crippen LogP contribution < -0.4 is 10.6 Å². The smallest absolute Gasteiger partial charge is 0.0173 e. The summed E-state index contributed by atoms with van der Waals surface area (Å²) in [7, 11) is 0. The minimum Gasteiger partial charge on any atom is -0.317 e. The lowest BCUT2D eigenvalue weighted by molar-refractivity contribution is 0.376. The molecule has 1 saturated carbocycles. The number of piperidine rings is 1. The molecule has 0 amide bonds. The largest absolute Gasteiger partial charge is 0.317 e. The topological polar surface area (TPSA) is 24.1 Å². The second kappa shape index (κ2) is 4.43. The van der Waals surface area contributed by atoms with E-state index in [-0.39, 0.29) is 0 Å². The molecule has 2 nitrogen and oxygen atoms in total. The second-order valence-electron chi connectivity index (χ2n) is 5.73. The zero-order chi connectivity index (χ0) is 11.7. The zero-order valence-corrected chi connectivity index (χ0v) is 10.6. The van der Waals surface area contributed by atoms with Crippen LogP contribution in [0.5, 0.6) is 0 Å². The molecule has 0 spiro atoms. The fourth-order valence-corrected chi connectivity index (χ4v) is 3.02. The van der Waals surface area contributed by atoms with Crippen molar-refractivity contribution in [3.63, 3.8) is 0 Å². The first-order chi connectivity index (χ1) is 8.29. The summed E-state index contributed by atoms with van der Waals surface area (Å²) in [6.07, 6.45) is 3.85. The van der Waals surface area contributed by atoms with Crippen LogP contribution in [0.3, 0.4) is 0 Å². The van der Waals surface area contributed by atoms with E-state index in [1.165, 1.54) is 37.9 Å². The van der Waals surface area contributed by atoms with E-state index in [1.807, 2.05) is 0 Å². The Balaban J connectivity index is 1.61. The number of benzene rings is 1. The lowest BCUT2D eigenvalue weighted by Crippen LogP contribution is -2.42. The predicted molar refractivity (Wildman–Crippen MR) is 71.2 cm³/mol. The number of hydrogen-bond acceptors (Lipinski definition) is 2. The molecule has 0 unspecified atom stereocenters. The summed E-state index contributed by atoms with van der Waals surface area (Å²) in [6.45, 7) is 4.74. The van der Waals surface area contributed by atoms with Crippen LogP contribution >= 0.6 is 0 Å². The quantitative estimate of drug-likeness (QED) is 0.830. The van der Waals surface area contributed by atoms with Gasteiger partial charge in [-0.3, -0.25) is 0 Å². The second-order valence-corrected chi connectivity index (χ2v) is 5.73. The van der Waals surface area contributed by atoms with Crippen molar-refractivity contribution in [3.8, 4) is 0 Å². The normalized spacial score (nSPS) is 33.6. The van der Waals surface area contributed by atoms with Crippen molar-refractivity contribution < 1.29 is 0 Å². The predicted octanol–water partition coefficient (Wildman–Crippen LogP) is 2.06. The van der Waals surface area contributed by atoms with Gasteiger partial charge in [0.1, 0.15) is 0 Å². The molecule has 2 fully saturated rings. The first-order valence-corrected chi connectivity index (χ1v) is 6.81. The fraction of sp³-hybridized carbons (Fsp3) is 0.600. The van der Waals surface area contributed by atoms with E-state index in [2.05, 4.69) is 47.9 Å². The lowest BCUT2D eigenvalue weighted by atomic mass is 9.97. The zero-order valence-electron chi connectivity index (χ0n) is 10.6. The molecule has 2 aliphatic rings. The lowest BCUT2D eigenvalue weighted by Gasteiger charge is -2.25. The van der Waals surface area contributed by atoms with Crippen LogP contribution in [-0.2, 0) is 5.41 Å². The van der Waals surface area contributed by atoms with E-state index in [0.717, 1.165) is 6.04 Å². The molecule has 0 bridgehead atoms. The Kier molecular flexibility index (Phi) is 2.93. The van der Waals surface area contributed by atoms with Crippen LogP contribution in [0.1, 0.15) is 31.7 Å². The van der Waals surface area contributed by atoms with Gasteiger partial charge in [-0.2, -0.15) is 0 Å². The molecule has 1 aromatic rings. The van der Waals surface area contributed by atoms with E-state index in [4.69, 9.17) is 0 Å². The maximum Gasteiger partial charge on any atom is 0.0173 e. The number of rotatable bonds is 3. The Morgan fingerprint density at radius 2 is 1.88 bits per heavy atom. The Labute approximate surface area is 104 Å². The Bertz CT molecular complexity index is 370. The van der Waals surface area contributed by atoms with E-state index >= 15 is 0 Å². The Morgan fingerprint density at radius 1 is 1.18 bits per heavy atom. The molecule has 0 radical (unpaired) electrons. The van der Waals surface area contributed by atoms with Crippen LogP contribution in [0, 0.1) is 0 Å². The number of nitrogens with one attached hydrogen (secondary N) is 2. The minimum atomic E-state index is 0.381. The molecule has 3 rings (SSSR count). The molecule has 1 heterocycles. The standard InChI is InChI=1S/C15H22N2/c1-15(12-5-3-2-4-6-12)11-14(15)17-13-7-9-16-10-8-13/h2-6,13-14,16-17H,7-11H2,1H3/t14-,15+/m1/s1. The summed E-state index contributed by atoms with van der Waals surface area (Å²) in [5.41, 5.74) is 1.87. The van der Waals surface area contributed by atoms with Gasteiger partial charge in [-0.15, -0.1) is 0 Å². The molecule has 2 N–H and O–H groups in total. The fourth-order valence-electron chi connectivity index (χ4n) is 3.02. The first kappa shape index (κ1) is 11.2. The summed E-state index contributed by atoms with van der Waals surface area (Å²) in [4.78, 5) is 0. The van der Waals surface area contributed by atoms with Gasteiger partial charge in [0, 0.05) is 17.5 Å². The van der Waals surface area contributed by atoms with E-state index in [9.17, 15) is 0 Å². The summed E-state index contributed by atoms with van der Waals surface area (Å²) in [5.74, 6) is 0. The van der Waals surface area contributed by atoms with Crippen LogP contribution in [0.15, 0.2) is 30.3 Å². The molecule has 2 atom stereocenters. The highest BCUT2D eigenvalue weighted by Gasteiger charge is 2.51. The summed E-state index contributed by atoms with van der Waals surface area (Å²) in [5, 5.41) is 7.26. The molecule has 17 heavy (non-hydrogen) atoms. The van der Waals surface area contributed by atoms with Crippen molar-refractivity contribution in [1.29, 1.82) is 0 Å². The van der Waals surface area contributed by atoms with Gasteiger partial charge in [0.2, 0.25) is 0 Å². The Morgan fingerprint density at radius 3 is 2.59 bits per heavy atom. The van der Waals surface area contributed by atoms with E-state index in [1.54, 1.807) is 0 Å². The molecule has 92 valence electrons. The molecule has 0 aromatic heterocycles. The molecule has 1 saturated heterocycles. The van der Waals surface area contributed by atoms with Gasteiger partial charge in [-0.25, -0.2) is 0 Å². The average molecular weight is 230 g/mol. The highest BCUT2D eigenvalue weighted by Crippen LogP contribution is 2.48. The molecule has 2 heteroatoms. The third-order valence-electron chi connectivity index (χ3n) is 4.45. The van der Waals surface area contributed by atoms with Crippen LogP contribution in [0.2, 0.25) is 0 Å². The van der Waals surface area contributed by atoms with Crippen molar-refractivity contribution in [2.75, 3.05) is 13.1 Å². The SMILES string of the molecule is C[C@@]1(c2ccccc2)C[C@H]1NC1CCNCC1. The minimum absolute atomic E-state index is 0.381. The highest BCUT2D eigenvalue weighted by molar-refractivity contribution is 5.34. The van der Waals surface area contributed by atoms with Crippen molar-refractivity contribution in [2.24, 2.45) is 0 Å². The summed E-state index contributed by atoms with van der Waals surface area (Å²) < 4.78 is 0. The maximum atomic E-state index is 3.84. The summed E-state index contributed by atoms with van der Waals surface area (Å²) in [6, 6.07) is 12.4. The summed E-state index contributed by atoms with van der Waals surface area (Å²) >= 11 is 0. The van der Waals surface area contributed by atoms with E-state index < -0.39 is 0 Å². The van der Waals surface area contributed by atoms with Crippen LogP contribution in [-0.4, -0.2) is 25.2 Å². The van der Waals surface area contributed by atoms with Gasteiger partial charge >= 0.3 is 0 Å². The van der Waals surface area contributed by atoms with Gasteiger partial charge in [0.15, 0.2) is 0 Å². The van der Waals surface area contributed by atoms with Crippen molar-refractivity contribution >= 4 is 0 Å². The van der Waals surface area contributed by atoms with Gasteiger partial charge in [-0.05, 0) is 37.9 Å². The molecular weight excluding hydrogens is 208 g/mol. The van der Waals surface area contributed by atoms with Crippen molar-refractivity contribution in [2.45, 2.75) is 43.7 Å². The van der Waals surface area contributed by atoms with Gasteiger partial charge < -0.3 is 10.6 Å². The van der Waals surface area contributed by atoms with Gasteiger partial charge in [0.05, 0.1) is 0 Å². The average Bonchev–Trinajstić information content (AvgIpc) is 3.04. The Hall–Kier alpha value is -0.860. The van der Waals surface area contributed by atoms with Crippen molar-refractivity contribution in [1.82, 2.24) is 10.6 Å². The van der Waals surface area contributed by atoms with Gasteiger partial charge in [-0.1, -0.05) is 37.3 Å². The molecule has 1 aromatic carbocycles. The van der Waals surface area contributed by atoms with Crippen molar-refractivity contribution in [3.05, 3.63) is 35.9 Å². The highest BCUT2D eigenvalue weighted by atomic mass is 15.0. The molecule has 1 aliphatic heterocycles. The molecular formula is C15H22N2. The third kappa shape index (κ3) is 2.24. The van der Waals surface area contributed by atoms with Gasteiger partial charge in [0.25, 0.3) is 0 Å². The van der Waals surface area contributed by atoms with Crippen LogP contribution in [0.4, 0.5) is 0 Å². The maximum absolute atomic E-state index is 3.84. The monoisotopic (exact) mass is 230 g/mol. The number of hydrogen-bond donors (Lipinski definition) is 2. The van der Waals surface area contributed by atoms with Crippen LogP contribution in [0.25, 0.3) is 0 Å². The first-order valence-electron chi connectivity index (χ1n) is 6.81. The molecule has 1 aliphatic carbocycles.